The monoisotopic (exact) mass is 502 g/mol. The first kappa shape index (κ1) is 24.5. The molecule has 1 N–H and O–H groups in total. The Morgan fingerprint density at radius 1 is 1.19 bits per heavy atom. The first-order valence-corrected chi connectivity index (χ1v) is 12.1. The van der Waals surface area contributed by atoms with Crippen molar-refractivity contribution in [3.05, 3.63) is 47.9 Å². The predicted octanol–water partition coefficient (Wildman–Crippen LogP) is 5.87. The maximum atomic E-state index is 13.1. The van der Waals surface area contributed by atoms with Crippen LogP contribution in [0.15, 0.2) is 36.5 Å². The summed E-state index contributed by atoms with van der Waals surface area (Å²) in [5.41, 5.74) is -0.140. The molecule has 1 aliphatic carbocycles. The lowest BCUT2D eigenvalue weighted by Crippen LogP contribution is -2.35. The summed E-state index contributed by atoms with van der Waals surface area (Å²) in [5.74, 6) is 0.267. The van der Waals surface area contributed by atoms with Crippen LogP contribution >= 0.6 is 0 Å². The molecule has 1 aromatic carbocycles. The Hall–Kier alpha value is -3.14. The van der Waals surface area contributed by atoms with Gasteiger partial charge < -0.3 is 14.8 Å². The number of rotatable bonds is 5. The largest absolute Gasteiger partial charge is 0.486 e. The molecule has 1 aliphatic heterocycles. The van der Waals surface area contributed by atoms with Gasteiger partial charge in [0, 0.05) is 24.1 Å². The van der Waals surface area contributed by atoms with E-state index in [0.717, 1.165) is 35.9 Å². The van der Waals surface area contributed by atoms with Gasteiger partial charge in [-0.2, -0.15) is 18.3 Å². The number of aromatic nitrogens is 3. The van der Waals surface area contributed by atoms with E-state index in [1.807, 2.05) is 10.9 Å². The average molecular weight is 503 g/mol. The molecule has 36 heavy (non-hydrogen) atoms. The van der Waals surface area contributed by atoms with Gasteiger partial charge in [-0.3, -0.25) is 9.48 Å². The Labute approximate surface area is 207 Å². The van der Waals surface area contributed by atoms with Crippen LogP contribution in [-0.4, -0.2) is 40.0 Å². The second kappa shape index (κ2) is 9.06. The predicted molar refractivity (Wildman–Crippen MR) is 128 cm³/mol. The van der Waals surface area contributed by atoms with E-state index >= 15 is 0 Å². The number of amides is 1. The van der Waals surface area contributed by atoms with E-state index in [4.69, 9.17) is 14.6 Å². The Bertz CT molecular complexity index is 1270. The fourth-order valence-corrected chi connectivity index (χ4v) is 4.66. The highest BCUT2D eigenvalue weighted by atomic mass is 19.4. The number of pyridine rings is 1. The number of nitrogens with zero attached hydrogens (tertiary/aromatic N) is 3. The second-order valence-electron chi connectivity index (χ2n) is 10.7. The van der Waals surface area contributed by atoms with Gasteiger partial charge in [-0.25, -0.2) is 4.98 Å². The fraction of sp³-hybridized carbons (Fsp3) is 0.500. The van der Waals surface area contributed by atoms with Crippen LogP contribution in [0.25, 0.3) is 10.9 Å². The minimum absolute atomic E-state index is 0.189. The minimum Gasteiger partial charge on any atom is -0.486 e. The summed E-state index contributed by atoms with van der Waals surface area (Å²) in [6, 6.07) is 7.05. The second-order valence-corrected chi connectivity index (χ2v) is 10.7. The molecule has 1 saturated carbocycles. The molecule has 2 aromatic heterocycles. The Kier molecular flexibility index (Phi) is 6.18. The number of nitrogens with one attached hydrogen (secondary N) is 1. The highest BCUT2D eigenvalue weighted by Gasteiger charge is 2.38. The number of carbonyl (C=O) groups is 1. The van der Waals surface area contributed by atoms with Crippen LogP contribution in [0, 0.1) is 11.3 Å². The first-order chi connectivity index (χ1) is 17.0. The summed E-state index contributed by atoms with van der Waals surface area (Å²) in [7, 11) is 0. The normalized spacial score (nSPS) is 22.4. The topological polar surface area (TPSA) is 78.3 Å². The minimum atomic E-state index is -4.64. The van der Waals surface area contributed by atoms with Crippen molar-refractivity contribution in [1.82, 2.24) is 14.8 Å². The molecule has 1 atom stereocenters. The molecule has 5 rings (SSSR count). The van der Waals surface area contributed by atoms with Crippen LogP contribution in [0.4, 0.5) is 18.9 Å². The molecule has 7 nitrogen and oxygen atoms in total. The molecular weight excluding hydrogens is 473 g/mol. The van der Waals surface area contributed by atoms with Crippen molar-refractivity contribution in [2.75, 3.05) is 18.5 Å². The lowest BCUT2D eigenvalue weighted by molar-refractivity contribution is -0.141. The van der Waals surface area contributed by atoms with Gasteiger partial charge in [0.1, 0.15) is 23.2 Å². The van der Waals surface area contributed by atoms with Crippen molar-refractivity contribution < 1.29 is 27.4 Å². The van der Waals surface area contributed by atoms with E-state index < -0.39 is 17.8 Å². The number of halogens is 3. The summed E-state index contributed by atoms with van der Waals surface area (Å²) < 4.78 is 52.7. The van der Waals surface area contributed by atoms with E-state index in [2.05, 4.69) is 31.1 Å². The van der Waals surface area contributed by atoms with Gasteiger partial charge in [0.2, 0.25) is 0 Å². The SMILES string of the molecule is CC(C)(C)C1CC(n2cc3cc(NC(=O)c4cccc(C(F)(F)F)n4)c(OC4CCOC4)cc3n2)C1. The van der Waals surface area contributed by atoms with Crippen molar-refractivity contribution in [2.45, 2.75) is 58.4 Å². The van der Waals surface area contributed by atoms with Gasteiger partial charge >= 0.3 is 6.18 Å². The van der Waals surface area contributed by atoms with Crippen molar-refractivity contribution in [1.29, 1.82) is 0 Å². The van der Waals surface area contributed by atoms with E-state index in [0.29, 0.717) is 43.0 Å². The zero-order valence-electron chi connectivity index (χ0n) is 20.4. The Morgan fingerprint density at radius 3 is 2.64 bits per heavy atom. The van der Waals surface area contributed by atoms with Crippen LogP contribution in [0.2, 0.25) is 0 Å². The molecule has 0 bridgehead atoms. The molecule has 1 amide bonds. The maximum Gasteiger partial charge on any atom is 0.433 e. The van der Waals surface area contributed by atoms with Crippen molar-refractivity contribution >= 4 is 22.5 Å². The third kappa shape index (κ3) is 5.04. The summed E-state index contributed by atoms with van der Waals surface area (Å²) in [4.78, 5) is 16.4. The van der Waals surface area contributed by atoms with Crippen molar-refractivity contribution in [3.63, 3.8) is 0 Å². The number of ether oxygens (including phenoxy) is 2. The molecule has 3 aromatic rings. The highest BCUT2D eigenvalue weighted by Crippen LogP contribution is 2.47. The van der Waals surface area contributed by atoms with Crippen LogP contribution in [0.5, 0.6) is 5.75 Å². The quantitative estimate of drug-likeness (QED) is 0.472. The van der Waals surface area contributed by atoms with Crippen molar-refractivity contribution in [2.24, 2.45) is 11.3 Å². The van der Waals surface area contributed by atoms with Gasteiger partial charge in [-0.1, -0.05) is 26.8 Å². The molecule has 1 saturated heterocycles. The number of benzene rings is 1. The van der Waals surface area contributed by atoms with Crippen LogP contribution in [0.1, 0.15) is 62.3 Å². The van der Waals surface area contributed by atoms with E-state index in [1.54, 1.807) is 12.1 Å². The third-order valence-electron chi connectivity index (χ3n) is 7.04. The average Bonchev–Trinajstić information content (AvgIpc) is 3.41. The number of carbonyl (C=O) groups excluding carboxylic acids is 1. The van der Waals surface area contributed by atoms with E-state index in [1.165, 1.54) is 6.07 Å². The number of anilines is 1. The first-order valence-electron chi connectivity index (χ1n) is 12.1. The lowest BCUT2D eigenvalue weighted by Gasteiger charge is -2.43. The zero-order valence-corrected chi connectivity index (χ0v) is 20.4. The highest BCUT2D eigenvalue weighted by molar-refractivity contribution is 6.05. The Balaban J connectivity index is 1.43. The van der Waals surface area contributed by atoms with Crippen LogP contribution < -0.4 is 10.1 Å². The number of hydrogen-bond donors (Lipinski definition) is 1. The maximum absolute atomic E-state index is 13.1. The van der Waals surface area contributed by atoms with Gasteiger partial charge in [0.25, 0.3) is 5.91 Å². The van der Waals surface area contributed by atoms with E-state index in [9.17, 15) is 18.0 Å². The molecule has 2 fully saturated rings. The summed E-state index contributed by atoms with van der Waals surface area (Å²) in [6.45, 7) is 7.74. The number of alkyl halides is 3. The van der Waals surface area contributed by atoms with Crippen LogP contribution in [-0.2, 0) is 10.9 Å². The number of hydrogen-bond acceptors (Lipinski definition) is 5. The van der Waals surface area contributed by atoms with Gasteiger partial charge in [-0.05, 0) is 42.4 Å². The summed E-state index contributed by atoms with van der Waals surface area (Å²) in [5, 5.41) is 8.25. The van der Waals surface area contributed by atoms with Crippen molar-refractivity contribution in [3.8, 4) is 5.75 Å². The molecule has 3 heterocycles. The van der Waals surface area contributed by atoms with Gasteiger partial charge in [-0.15, -0.1) is 0 Å². The van der Waals surface area contributed by atoms with Gasteiger partial charge in [0.05, 0.1) is 30.5 Å². The summed E-state index contributed by atoms with van der Waals surface area (Å²) >= 11 is 0. The third-order valence-corrected chi connectivity index (χ3v) is 7.04. The lowest BCUT2D eigenvalue weighted by atomic mass is 9.66. The molecule has 10 heteroatoms. The molecule has 0 radical (unpaired) electrons. The fourth-order valence-electron chi connectivity index (χ4n) is 4.66. The molecule has 2 aliphatic rings. The number of fused-ring (bicyclic) bond motifs is 1. The standard InChI is InChI=1S/C26H29F3N4O3/c1-25(2,3)16-10-17(11-16)33-13-15-9-21(22(12-20(15)32-33)36-18-7-8-35-14-18)31-24(34)19-5-4-6-23(30-19)26(27,28)29/h4-6,9,12-13,16-18H,7-8,10-11,14H2,1-3H3,(H,31,34). The molecule has 0 spiro atoms. The zero-order chi connectivity index (χ0) is 25.7. The molecule has 1 unspecified atom stereocenters. The molecule has 192 valence electrons. The van der Waals surface area contributed by atoms with Gasteiger partial charge in [0.15, 0.2) is 0 Å². The van der Waals surface area contributed by atoms with Crippen LogP contribution in [0.3, 0.4) is 0 Å². The smallest absolute Gasteiger partial charge is 0.433 e. The Morgan fingerprint density at radius 2 is 1.97 bits per heavy atom. The molecular formula is C26H29F3N4O3. The summed E-state index contributed by atoms with van der Waals surface area (Å²) in [6.07, 6.45) is -0.0966. The van der Waals surface area contributed by atoms with E-state index in [-0.39, 0.29) is 17.2 Å².